The van der Waals surface area contributed by atoms with Crippen LogP contribution >= 0.6 is 11.6 Å². The van der Waals surface area contributed by atoms with E-state index in [1.807, 2.05) is 85.8 Å². The van der Waals surface area contributed by atoms with Crippen molar-refractivity contribution in [3.8, 4) is 0 Å². The van der Waals surface area contributed by atoms with Gasteiger partial charge < -0.3 is 23.8 Å². The molecule has 1 fully saturated rings. The van der Waals surface area contributed by atoms with Crippen molar-refractivity contribution < 1.29 is 28.3 Å². The number of nitrogens with zero attached hydrogens (tertiary/aromatic N) is 4. The monoisotopic (exact) mass is 778 g/mol. The van der Waals surface area contributed by atoms with Crippen molar-refractivity contribution in [3.63, 3.8) is 0 Å². The molecule has 4 heterocycles. The third-order valence-electron chi connectivity index (χ3n) is 11.8. The predicted octanol–water partition coefficient (Wildman–Crippen LogP) is 7.53. The maximum absolute atomic E-state index is 16.5. The quantitative estimate of drug-likeness (QED) is 0.147. The minimum atomic E-state index is -3.55. The number of ether oxygens (including phenoxy) is 1. The van der Waals surface area contributed by atoms with Gasteiger partial charge in [0.2, 0.25) is 20.2 Å². The molecular formula is C43H44ClFN4O5Si. The summed E-state index contributed by atoms with van der Waals surface area (Å²) in [6, 6.07) is 29.9. The number of carbonyl (C=O) groups excluding carboxylic acids is 3. The number of halogens is 2. The predicted molar refractivity (Wildman–Crippen MR) is 213 cm³/mol. The first kappa shape index (κ1) is 37.3. The first-order valence-corrected chi connectivity index (χ1v) is 22.2. The smallest absolute Gasteiger partial charge is 0.264 e. The molecular weight excluding hydrogens is 735 g/mol. The minimum absolute atomic E-state index is 0.0961. The number of fused-ring (bicyclic) bond motifs is 3. The zero-order valence-electron chi connectivity index (χ0n) is 31.1. The molecule has 0 radical (unpaired) electrons. The van der Waals surface area contributed by atoms with Crippen LogP contribution in [0.4, 0.5) is 15.5 Å². The topological polar surface area (TPSA) is 103 Å². The summed E-state index contributed by atoms with van der Waals surface area (Å²) in [5.41, 5.74) is 4.29. The minimum Gasteiger partial charge on any atom is -0.394 e. The lowest BCUT2D eigenvalue weighted by Crippen LogP contribution is -2.48. The van der Waals surface area contributed by atoms with Gasteiger partial charge in [-0.1, -0.05) is 85.3 Å². The summed E-state index contributed by atoms with van der Waals surface area (Å²) in [6.07, 6.45) is 0.438. The number of aliphatic hydroxyl groups excluding tert-OH is 1. The zero-order chi connectivity index (χ0) is 38.6. The van der Waals surface area contributed by atoms with Gasteiger partial charge in [0, 0.05) is 41.4 Å². The summed E-state index contributed by atoms with van der Waals surface area (Å²) < 4.78 is 23.4. The molecule has 1 spiro atoms. The highest BCUT2D eigenvalue weighted by Gasteiger charge is 2.67. The summed E-state index contributed by atoms with van der Waals surface area (Å²) in [4.78, 5) is 45.4. The number of carbonyl (C=O) groups is 3. The maximum Gasteiger partial charge on any atom is 0.264 e. The van der Waals surface area contributed by atoms with Crippen molar-refractivity contribution >= 4 is 54.8 Å². The summed E-state index contributed by atoms with van der Waals surface area (Å²) in [5.74, 6) is -1.28. The van der Waals surface area contributed by atoms with Crippen molar-refractivity contribution in [1.29, 1.82) is 0 Å². The molecule has 0 unspecified atom stereocenters. The second-order valence-corrected chi connectivity index (χ2v) is 19.9. The van der Waals surface area contributed by atoms with Gasteiger partial charge in [0.1, 0.15) is 0 Å². The van der Waals surface area contributed by atoms with Crippen LogP contribution in [0.3, 0.4) is 0 Å². The summed E-state index contributed by atoms with van der Waals surface area (Å²) in [7, 11) is -3.55. The van der Waals surface area contributed by atoms with E-state index in [0.717, 1.165) is 28.0 Å². The Hall–Kier alpha value is -4.68. The molecule has 5 atom stereocenters. The Kier molecular flexibility index (Phi) is 9.77. The van der Waals surface area contributed by atoms with Crippen LogP contribution in [0.25, 0.3) is 0 Å². The highest BCUT2D eigenvalue weighted by Crippen LogP contribution is 2.60. The number of benzene rings is 4. The molecule has 3 amide bonds. The first-order chi connectivity index (χ1) is 26.4. The van der Waals surface area contributed by atoms with Crippen LogP contribution in [0.5, 0.6) is 0 Å². The van der Waals surface area contributed by atoms with E-state index < -0.39 is 37.6 Å². The molecule has 0 saturated carbocycles. The Balaban J connectivity index is 1.07. The van der Waals surface area contributed by atoms with Crippen LogP contribution in [0.2, 0.25) is 23.7 Å². The molecule has 9 nitrogen and oxygen atoms in total. The molecule has 0 aromatic heterocycles. The average molecular weight is 779 g/mol. The molecule has 12 heteroatoms. The Morgan fingerprint density at radius 2 is 1.69 bits per heavy atom. The van der Waals surface area contributed by atoms with Gasteiger partial charge in [-0.15, -0.1) is 0 Å². The van der Waals surface area contributed by atoms with Gasteiger partial charge in [-0.05, 0) is 72.1 Å². The standard InChI is InChI=1S/C43H44ClFN4O5Si/c1-27-41(55(2,3)45)38(23-40(52)47-25-31-12-8-7-11-30(31)21-34(47)26-50)54-43(27)35-22-32(44)15-19-37(35)48(42(43)53)24-28-13-16-33(17-14-28)49-39(51)20-18-36(46-49)29-9-5-4-6-10-29/h4-17,19,22,27,34,38,41,50H,18,20-21,23-26H2,1-3H3/t27-,34+,38+,41-,43+/m1/s1. The number of hydrazone groups is 1. The SMILES string of the molecule is C[C@@H]1[C@@H]([Si](C)(C)F)[C@H](CC(=O)N2Cc3ccccc3C[C@H]2CO)O[C@@]12C(=O)N(Cc1ccc(N3N=C(c4ccccc4)CCC3=O)cc1)c1ccc(Cl)cc12. The lowest BCUT2D eigenvalue weighted by molar-refractivity contribution is -0.151. The molecule has 8 rings (SSSR count). The number of rotatable bonds is 8. The molecule has 284 valence electrons. The van der Waals surface area contributed by atoms with Gasteiger partial charge in [-0.25, -0.2) is 5.01 Å². The van der Waals surface area contributed by atoms with E-state index in [1.54, 1.807) is 41.1 Å². The summed E-state index contributed by atoms with van der Waals surface area (Å²) in [6.45, 7) is 5.41. The largest absolute Gasteiger partial charge is 0.394 e. The Morgan fingerprint density at radius 1 is 0.982 bits per heavy atom. The molecule has 0 bridgehead atoms. The van der Waals surface area contributed by atoms with Gasteiger partial charge in [0.25, 0.3) is 5.91 Å². The van der Waals surface area contributed by atoms with Gasteiger partial charge in [0.15, 0.2) is 5.60 Å². The number of aliphatic hydroxyl groups is 1. The maximum atomic E-state index is 16.5. The summed E-state index contributed by atoms with van der Waals surface area (Å²) in [5, 5.41) is 16.8. The third-order valence-corrected chi connectivity index (χ3v) is 14.5. The van der Waals surface area contributed by atoms with Crippen LogP contribution in [0.1, 0.15) is 54.0 Å². The first-order valence-electron chi connectivity index (χ1n) is 18.9. The average Bonchev–Trinajstić information content (AvgIpc) is 3.60. The molecule has 55 heavy (non-hydrogen) atoms. The van der Waals surface area contributed by atoms with Gasteiger partial charge >= 0.3 is 0 Å². The van der Waals surface area contributed by atoms with Gasteiger partial charge in [-0.3, -0.25) is 14.4 Å². The fraction of sp³-hybridized carbons (Fsp3) is 0.349. The Morgan fingerprint density at radius 3 is 2.40 bits per heavy atom. The van der Waals surface area contributed by atoms with Gasteiger partial charge in [0.05, 0.1) is 48.8 Å². The summed E-state index contributed by atoms with van der Waals surface area (Å²) >= 11 is 6.58. The lowest BCUT2D eigenvalue weighted by atomic mass is 9.82. The second-order valence-electron chi connectivity index (χ2n) is 15.6. The van der Waals surface area contributed by atoms with Gasteiger partial charge in [-0.2, -0.15) is 5.10 Å². The van der Waals surface area contributed by atoms with Crippen molar-refractivity contribution in [2.24, 2.45) is 11.0 Å². The van der Waals surface area contributed by atoms with Crippen LogP contribution in [0, 0.1) is 5.92 Å². The number of hydrogen-bond donors (Lipinski definition) is 1. The highest BCUT2D eigenvalue weighted by atomic mass is 35.5. The van der Waals surface area contributed by atoms with Crippen molar-refractivity contribution in [1.82, 2.24) is 4.90 Å². The second kappa shape index (κ2) is 14.4. The van der Waals surface area contributed by atoms with E-state index in [9.17, 15) is 19.5 Å². The van der Waals surface area contributed by atoms with Crippen LogP contribution in [-0.2, 0) is 44.2 Å². The fourth-order valence-corrected chi connectivity index (χ4v) is 11.9. The number of hydrogen-bond acceptors (Lipinski definition) is 6. The van der Waals surface area contributed by atoms with E-state index in [1.165, 1.54) is 5.01 Å². The third kappa shape index (κ3) is 6.60. The molecule has 4 aliphatic heterocycles. The molecule has 4 aliphatic rings. The Labute approximate surface area is 326 Å². The van der Waals surface area contributed by atoms with E-state index in [2.05, 4.69) is 5.10 Å². The van der Waals surface area contributed by atoms with E-state index in [-0.39, 0.29) is 37.3 Å². The van der Waals surface area contributed by atoms with Crippen LogP contribution in [-0.4, -0.2) is 60.6 Å². The fourth-order valence-electron chi connectivity index (χ4n) is 9.23. The van der Waals surface area contributed by atoms with Crippen molar-refractivity contribution in [3.05, 3.63) is 130 Å². The van der Waals surface area contributed by atoms with E-state index in [4.69, 9.17) is 16.3 Å². The highest BCUT2D eigenvalue weighted by molar-refractivity contribution is 6.72. The van der Waals surface area contributed by atoms with Crippen molar-refractivity contribution in [2.45, 2.75) is 82.1 Å². The molecule has 4 aromatic rings. The zero-order valence-corrected chi connectivity index (χ0v) is 32.9. The van der Waals surface area contributed by atoms with Crippen LogP contribution < -0.4 is 9.91 Å². The Bertz CT molecular complexity index is 2180. The molecule has 1 saturated heterocycles. The normalized spacial score (nSPS) is 25.0. The van der Waals surface area contributed by atoms with E-state index >= 15 is 4.11 Å². The number of anilines is 2. The molecule has 1 N–H and O–H groups in total. The lowest BCUT2D eigenvalue weighted by Gasteiger charge is -2.37. The van der Waals surface area contributed by atoms with Crippen molar-refractivity contribution in [2.75, 3.05) is 16.5 Å². The number of amides is 3. The molecule has 0 aliphatic carbocycles. The van der Waals surface area contributed by atoms with Crippen LogP contribution in [0.15, 0.2) is 102 Å². The van der Waals surface area contributed by atoms with E-state index in [0.29, 0.717) is 47.8 Å². The molecule has 4 aromatic carbocycles.